The van der Waals surface area contributed by atoms with Gasteiger partial charge in [0.1, 0.15) is 0 Å². The van der Waals surface area contributed by atoms with E-state index in [1.807, 2.05) is 12.1 Å². The molecule has 0 N–H and O–H groups in total. The fourth-order valence-corrected chi connectivity index (χ4v) is 1.28. The smallest absolute Gasteiger partial charge is 0.0303 e. The molecule has 0 saturated heterocycles. The van der Waals surface area contributed by atoms with Gasteiger partial charge in [-0.3, -0.25) is 0 Å². The van der Waals surface area contributed by atoms with Crippen molar-refractivity contribution in [2.24, 2.45) is 0 Å². The molecule has 1 rings (SSSR count). The van der Waals surface area contributed by atoms with Gasteiger partial charge in [0.15, 0.2) is 0 Å². The maximum atomic E-state index is 5.04. The van der Waals surface area contributed by atoms with E-state index in [1.54, 1.807) is 5.37 Å². The van der Waals surface area contributed by atoms with E-state index in [2.05, 4.69) is 19.1 Å². The highest BCUT2D eigenvalue weighted by Crippen LogP contribution is 2.07. The Morgan fingerprint density at radius 3 is 2.67 bits per heavy atom. The van der Waals surface area contributed by atoms with Gasteiger partial charge in [0, 0.05) is 16.7 Å². The summed E-state index contributed by atoms with van der Waals surface area (Å²) in [7, 11) is 0. The van der Waals surface area contributed by atoms with Crippen LogP contribution in [-0.2, 0) is 6.42 Å². The van der Waals surface area contributed by atoms with Crippen molar-refractivity contribution in [3.8, 4) is 0 Å². The quantitative estimate of drug-likeness (QED) is 0.679. The van der Waals surface area contributed by atoms with Gasteiger partial charge >= 0.3 is 0 Å². The number of hydrogen-bond acceptors (Lipinski definition) is 2. The van der Waals surface area contributed by atoms with Gasteiger partial charge in [0.2, 0.25) is 0 Å². The monoisotopic (exact) mass is 194 g/mol. The zero-order valence-corrected chi connectivity index (χ0v) is 8.54. The van der Waals surface area contributed by atoms with E-state index in [9.17, 15) is 0 Å². The minimum atomic E-state index is 0.797. The standard InChI is InChI=1S/C10H10S2/c1-8-4-2-3-5-9(8)6-10(12)7-11/h2-5,7H,6H2,1H3. The topological polar surface area (TPSA) is 0 Å². The summed E-state index contributed by atoms with van der Waals surface area (Å²) in [6.07, 6.45) is 0.797. The third-order valence-corrected chi connectivity index (χ3v) is 2.45. The third kappa shape index (κ3) is 2.47. The summed E-state index contributed by atoms with van der Waals surface area (Å²) >= 11 is 9.79. The Labute approximate surface area is 83.6 Å². The van der Waals surface area contributed by atoms with E-state index in [4.69, 9.17) is 24.4 Å². The van der Waals surface area contributed by atoms with Crippen molar-refractivity contribution in [1.82, 2.24) is 0 Å². The molecule has 1 aromatic carbocycles. The molecule has 0 amide bonds. The summed E-state index contributed by atoms with van der Waals surface area (Å²) in [5, 5.41) is 1.57. The van der Waals surface area contributed by atoms with Crippen LogP contribution in [0.4, 0.5) is 0 Å². The van der Waals surface area contributed by atoms with E-state index in [-0.39, 0.29) is 0 Å². The molecule has 0 aromatic heterocycles. The second-order valence-electron chi connectivity index (χ2n) is 2.69. The van der Waals surface area contributed by atoms with Crippen LogP contribution >= 0.6 is 24.4 Å². The average Bonchev–Trinajstić information content (AvgIpc) is 2.09. The highest BCUT2D eigenvalue weighted by molar-refractivity contribution is 7.88. The fourth-order valence-electron chi connectivity index (χ4n) is 1.04. The van der Waals surface area contributed by atoms with Gasteiger partial charge in [-0.2, -0.15) is 0 Å². The number of benzene rings is 1. The first-order chi connectivity index (χ1) is 5.74. The molecular formula is C10H10S2. The molecule has 0 nitrogen and oxygen atoms in total. The van der Waals surface area contributed by atoms with Gasteiger partial charge in [0.25, 0.3) is 0 Å². The Balaban J connectivity index is 2.82. The lowest BCUT2D eigenvalue weighted by molar-refractivity contribution is 1.28. The second kappa shape index (κ2) is 4.43. The number of aryl methyl sites for hydroxylation is 1. The Morgan fingerprint density at radius 2 is 2.08 bits per heavy atom. The SMILES string of the molecule is Cc1ccccc1CC(=S)C=S. The molecule has 0 saturated carbocycles. The van der Waals surface area contributed by atoms with E-state index in [1.165, 1.54) is 11.1 Å². The van der Waals surface area contributed by atoms with Crippen molar-refractivity contribution in [1.29, 1.82) is 0 Å². The maximum absolute atomic E-state index is 5.04. The lowest BCUT2D eigenvalue weighted by atomic mass is 10.0. The third-order valence-electron chi connectivity index (χ3n) is 1.76. The summed E-state index contributed by atoms with van der Waals surface area (Å²) in [5.74, 6) is 0. The van der Waals surface area contributed by atoms with Gasteiger partial charge in [0.05, 0.1) is 0 Å². The van der Waals surface area contributed by atoms with Crippen molar-refractivity contribution >= 4 is 34.7 Å². The lowest BCUT2D eigenvalue weighted by Gasteiger charge is -2.02. The lowest BCUT2D eigenvalue weighted by Crippen LogP contribution is -2.00. The molecule has 0 spiro atoms. The predicted octanol–water partition coefficient (Wildman–Crippen LogP) is 2.91. The van der Waals surface area contributed by atoms with E-state index in [0.717, 1.165) is 11.3 Å². The van der Waals surface area contributed by atoms with E-state index < -0.39 is 0 Å². The molecule has 0 aliphatic heterocycles. The van der Waals surface area contributed by atoms with Crippen molar-refractivity contribution in [3.63, 3.8) is 0 Å². The number of thiocarbonyl (C=S) groups is 2. The zero-order valence-electron chi connectivity index (χ0n) is 6.91. The summed E-state index contributed by atoms with van der Waals surface area (Å²) < 4.78 is 0. The first kappa shape index (κ1) is 9.49. The van der Waals surface area contributed by atoms with Gasteiger partial charge < -0.3 is 0 Å². The first-order valence-corrected chi connectivity index (χ1v) is 4.64. The normalized spacial score (nSPS) is 9.42. The van der Waals surface area contributed by atoms with E-state index >= 15 is 0 Å². The van der Waals surface area contributed by atoms with Crippen LogP contribution in [0.5, 0.6) is 0 Å². The van der Waals surface area contributed by atoms with Crippen LogP contribution in [0.1, 0.15) is 11.1 Å². The van der Waals surface area contributed by atoms with Crippen molar-refractivity contribution in [2.75, 3.05) is 0 Å². The molecule has 2 heteroatoms. The molecule has 0 fully saturated rings. The molecule has 0 unspecified atom stereocenters. The molecule has 1 aromatic rings. The minimum Gasteiger partial charge on any atom is -0.0875 e. The second-order valence-corrected chi connectivity index (χ2v) is 3.45. The van der Waals surface area contributed by atoms with Crippen molar-refractivity contribution in [2.45, 2.75) is 13.3 Å². The molecule has 12 heavy (non-hydrogen) atoms. The largest absolute Gasteiger partial charge is 0.0875 e. The average molecular weight is 194 g/mol. The minimum absolute atomic E-state index is 0.797. The van der Waals surface area contributed by atoms with Gasteiger partial charge in [-0.1, -0.05) is 48.7 Å². The molecule has 0 bridgehead atoms. The van der Waals surface area contributed by atoms with Crippen LogP contribution in [0.25, 0.3) is 0 Å². The molecule has 0 heterocycles. The van der Waals surface area contributed by atoms with Crippen LogP contribution < -0.4 is 0 Å². The van der Waals surface area contributed by atoms with Gasteiger partial charge in [-0.15, -0.1) is 0 Å². The molecule has 0 radical (unpaired) electrons. The van der Waals surface area contributed by atoms with Crippen LogP contribution in [0.15, 0.2) is 24.3 Å². The Hall–Kier alpha value is -0.600. The molecule has 0 atom stereocenters. The Bertz CT molecular complexity index is 302. The summed E-state index contributed by atoms with van der Waals surface area (Å²) in [5.41, 5.74) is 2.54. The summed E-state index contributed by atoms with van der Waals surface area (Å²) in [6.45, 7) is 2.08. The fraction of sp³-hybridized carbons (Fsp3) is 0.200. The van der Waals surface area contributed by atoms with Crippen LogP contribution in [0, 0.1) is 6.92 Å². The number of hydrogen-bond donors (Lipinski definition) is 0. The summed E-state index contributed by atoms with van der Waals surface area (Å²) in [4.78, 5) is 0.833. The molecule has 0 aliphatic carbocycles. The van der Waals surface area contributed by atoms with E-state index in [0.29, 0.717) is 0 Å². The maximum Gasteiger partial charge on any atom is 0.0303 e. The highest BCUT2D eigenvalue weighted by Gasteiger charge is 1.98. The van der Waals surface area contributed by atoms with Crippen molar-refractivity contribution in [3.05, 3.63) is 35.4 Å². The Kier molecular flexibility index (Phi) is 3.50. The van der Waals surface area contributed by atoms with Crippen LogP contribution in [0.3, 0.4) is 0 Å². The van der Waals surface area contributed by atoms with Gasteiger partial charge in [-0.05, 0) is 18.1 Å². The zero-order chi connectivity index (χ0) is 8.97. The summed E-state index contributed by atoms with van der Waals surface area (Å²) in [6, 6.07) is 8.22. The molecule has 0 aliphatic rings. The predicted molar refractivity (Wildman–Crippen MR) is 61.1 cm³/mol. The van der Waals surface area contributed by atoms with Crippen LogP contribution in [0.2, 0.25) is 0 Å². The van der Waals surface area contributed by atoms with Crippen molar-refractivity contribution < 1.29 is 0 Å². The van der Waals surface area contributed by atoms with Gasteiger partial charge in [-0.25, -0.2) is 0 Å². The highest BCUT2D eigenvalue weighted by atomic mass is 32.1. The molecular weight excluding hydrogens is 184 g/mol. The molecule has 62 valence electrons. The Morgan fingerprint density at radius 1 is 1.42 bits per heavy atom. The number of rotatable bonds is 3. The first-order valence-electron chi connectivity index (χ1n) is 3.76. The van der Waals surface area contributed by atoms with Crippen LogP contribution in [-0.4, -0.2) is 10.2 Å².